The Morgan fingerprint density at radius 2 is 2.40 bits per heavy atom. The van der Waals surface area contributed by atoms with E-state index in [1.807, 2.05) is 0 Å². The summed E-state index contributed by atoms with van der Waals surface area (Å²) in [5.41, 5.74) is 0. The molecule has 54 valence electrons. The van der Waals surface area contributed by atoms with Crippen LogP contribution in [0.5, 0.6) is 11.5 Å². The van der Waals surface area contributed by atoms with Gasteiger partial charge in [0.2, 0.25) is 0 Å². The van der Waals surface area contributed by atoms with Gasteiger partial charge in [-0.3, -0.25) is 0 Å². The highest BCUT2D eigenvalue weighted by Crippen LogP contribution is 2.30. The van der Waals surface area contributed by atoms with Gasteiger partial charge in [0.05, 0.1) is 7.11 Å². The van der Waals surface area contributed by atoms with Crippen molar-refractivity contribution in [2.45, 2.75) is 0 Å². The normalized spacial score (nSPS) is 9.40. The zero-order valence-electron chi connectivity index (χ0n) is 5.34. The van der Waals surface area contributed by atoms with E-state index < -0.39 is 0 Å². The van der Waals surface area contributed by atoms with Gasteiger partial charge in [0.1, 0.15) is 0 Å². The number of hydrogen-bond acceptors (Lipinski definition) is 3. The van der Waals surface area contributed by atoms with Crippen LogP contribution in [0.15, 0.2) is 12.3 Å². The number of methoxy groups -OCH3 is 1. The molecule has 1 N–H and O–H groups in total. The first-order chi connectivity index (χ1) is 4.75. The monoisotopic (exact) mass is 159 g/mol. The van der Waals surface area contributed by atoms with Gasteiger partial charge >= 0.3 is 0 Å². The third kappa shape index (κ3) is 1.14. The summed E-state index contributed by atoms with van der Waals surface area (Å²) in [6.07, 6.45) is 1.46. The van der Waals surface area contributed by atoms with E-state index >= 15 is 0 Å². The summed E-state index contributed by atoms with van der Waals surface area (Å²) in [7, 11) is 1.45. The number of nitrogens with zero attached hydrogens (tertiary/aromatic N) is 1. The largest absolute Gasteiger partial charge is 0.502 e. The number of pyridine rings is 1. The van der Waals surface area contributed by atoms with Crippen LogP contribution in [0.4, 0.5) is 0 Å². The summed E-state index contributed by atoms with van der Waals surface area (Å²) in [5.74, 6) is 0.215. The molecule has 4 heteroatoms. The maximum absolute atomic E-state index is 9.08. The van der Waals surface area contributed by atoms with Crippen molar-refractivity contribution in [3.63, 3.8) is 0 Å². The lowest BCUT2D eigenvalue weighted by atomic mass is 10.4. The average Bonchev–Trinajstić information content (AvgIpc) is 1.95. The molecule has 3 nitrogen and oxygen atoms in total. The Morgan fingerprint density at radius 1 is 1.70 bits per heavy atom. The first-order valence-electron chi connectivity index (χ1n) is 2.63. The van der Waals surface area contributed by atoms with Crippen LogP contribution in [0.2, 0.25) is 5.15 Å². The maximum Gasteiger partial charge on any atom is 0.195 e. The molecule has 0 unspecified atom stereocenters. The van der Waals surface area contributed by atoms with Crippen molar-refractivity contribution in [1.29, 1.82) is 0 Å². The van der Waals surface area contributed by atoms with E-state index in [0.717, 1.165) is 0 Å². The first kappa shape index (κ1) is 7.15. The number of aromatic hydroxyl groups is 1. The van der Waals surface area contributed by atoms with Gasteiger partial charge in [0, 0.05) is 12.3 Å². The molecular weight excluding hydrogens is 154 g/mol. The van der Waals surface area contributed by atoms with Crippen molar-refractivity contribution in [1.82, 2.24) is 4.98 Å². The molecular formula is C6H6ClNO2. The summed E-state index contributed by atoms with van der Waals surface area (Å²) < 4.78 is 4.75. The molecule has 0 radical (unpaired) electrons. The number of ether oxygens (including phenoxy) is 1. The summed E-state index contributed by atoms with van der Waals surface area (Å²) >= 11 is 5.45. The lowest BCUT2D eigenvalue weighted by Gasteiger charge is -2.01. The molecule has 0 spiro atoms. The molecule has 0 saturated carbocycles. The van der Waals surface area contributed by atoms with Crippen LogP contribution >= 0.6 is 11.6 Å². The summed E-state index contributed by atoms with van der Waals surface area (Å²) in [6.45, 7) is 0. The number of hydrogen-bond donors (Lipinski definition) is 1. The Labute approximate surface area is 63.2 Å². The molecule has 0 amide bonds. The third-order valence-corrected chi connectivity index (χ3v) is 1.34. The van der Waals surface area contributed by atoms with Crippen molar-refractivity contribution >= 4 is 11.6 Å². The van der Waals surface area contributed by atoms with Gasteiger partial charge in [0.25, 0.3) is 0 Å². The van der Waals surface area contributed by atoms with Gasteiger partial charge in [0.15, 0.2) is 16.7 Å². The van der Waals surface area contributed by atoms with Crippen molar-refractivity contribution in [2.24, 2.45) is 0 Å². The minimum absolute atomic E-state index is 0.0550. The fraction of sp³-hybridized carbons (Fsp3) is 0.167. The molecule has 0 aromatic carbocycles. The van der Waals surface area contributed by atoms with Crippen LogP contribution in [0.25, 0.3) is 0 Å². The van der Waals surface area contributed by atoms with Gasteiger partial charge in [-0.15, -0.1) is 0 Å². The van der Waals surface area contributed by atoms with E-state index in [-0.39, 0.29) is 10.9 Å². The molecule has 0 bridgehead atoms. The molecule has 10 heavy (non-hydrogen) atoms. The van der Waals surface area contributed by atoms with E-state index in [2.05, 4.69) is 4.98 Å². The highest BCUT2D eigenvalue weighted by molar-refractivity contribution is 6.30. The Balaban J connectivity index is 3.14. The zero-order valence-corrected chi connectivity index (χ0v) is 6.09. The highest BCUT2D eigenvalue weighted by Gasteiger charge is 2.04. The minimum atomic E-state index is -0.119. The van der Waals surface area contributed by atoms with Crippen molar-refractivity contribution in [3.8, 4) is 11.5 Å². The molecule has 0 atom stereocenters. The maximum atomic E-state index is 9.08. The van der Waals surface area contributed by atoms with Crippen LogP contribution in [0, 0.1) is 0 Å². The molecule has 1 rings (SSSR count). The summed E-state index contributed by atoms with van der Waals surface area (Å²) in [5, 5.41) is 9.13. The van der Waals surface area contributed by atoms with E-state index in [4.69, 9.17) is 21.4 Å². The minimum Gasteiger partial charge on any atom is -0.502 e. The lowest BCUT2D eigenvalue weighted by Crippen LogP contribution is -1.84. The van der Waals surface area contributed by atoms with Crippen molar-refractivity contribution in [2.75, 3.05) is 7.11 Å². The van der Waals surface area contributed by atoms with E-state index in [1.165, 1.54) is 19.4 Å². The second-order valence-corrected chi connectivity index (χ2v) is 2.01. The fourth-order valence-corrected chi connectivity index (χ4v) is 0.726. The highest BCUT2D eigenvalue weighted by atomic mass is 35.5. The SMILES string of the molecule is COc1ccnc(Cl)c1O. The Kier molecular flexibility index (Phi) is 1.97. The molecule has 0 aliphatic carbocycles. The second kappa shape index (κ2) is 2.75. The first-order valence-corrected chi connectivity index (χ1v) is 3.01. The summed E-state index contributed by atoms with van der Waals surface area (Å²) in [6, 6.07) is 1.53. The molecule has 1 aromatic heterocycles. The molecule has 1 aromatic rings. The molecule has 1 heterocycles. The van der Waals surface area contributed by atoms with Crippen LogP contribution in [0.3, 0.4) is 0 Å². The number of aromatic nitrogens is 1. The second-order valence-electron chi connectivity index (χ2n) is 1.65. The molecule has 0 fully saturated rings. The van der Waals surface area contributed by atoms with Gasteiger partial charge in [-0.05, 0) is 0 Å². The van der Waals surface area contributed by atoms with Crippen molar-refractivity contribution < 1.29 is 9.84 Å². The quantitative estimate of drug-likeness (QED) is 0.631. The standard InChI is InChI=1S/C6H6ClNO2/c1-10-4-2-3-8-6(7)5(4)9/h2-3,9H,1H3. The van der Waals surface area contributed by atoms with Crippen LogP contribution in [0.1, 0.15) is 0 Å². The van der Waals surface area contributed by atoms with Gasteiger partial charge in [-0.25, -0.2) is 4.98 Å². The topological polar surface area (TPSA) is 42.4 Å². The number of rotatable bonds is 1. The molecule has 0 saturated heterocycles. The predicted molar refractivity (Wildman–Crippen MR) is 37.5 cm³/mol. The Morgan fingerprint density at radius 3 is 2.90 bits per heavy atom. The zero-order chi connectivity index (χ0) is 7.56. The number of halogens is 1. The van der Waals surface area contributed by atoms with Crippen LogP contribution in [-0.4, -0.2) is 17.2 Å². The predicted octanol–water partition coefficient (Wildman–Crippen LogP) is 1.45. The van der Waals surface area contributed by atoms with E-state index in [9.17, 15) is 0 Å². The molecule has 0 aliphatic heterocycles. The third-order valence-electron chi connectivity index (χ3n) is 1.06. The van der Waals surface area contributed by atoms with Gasteiger partial charge in [-0.1, -0.05) is 11.6 Å². The molecule has 0 aliphatic rings. The van der Waals surface area contributed by atoms with E-state index in [1.54, 1.807) is 0 Å². The summed E-state index contributed by atoms with van der Waals surface area (Å²) in [4.78, 5) is 3.62. The van der Waals surface area contributed by atoms with Gasteiger partial charge < -0.3 is 9.84 Å². The van der Waals surface area contributed by atoms with Crippen LogP contribution in [-0.2, 0) is 0 Å². The fourth-order valence-electron chi connectivity index (χ4n) is 0.577. The van der Waals surface area contributed by atoms with Crippen LogP contribution < -0.4 is 4.74 Å². The lowest BCUT2D eigenvalue weighted by molar-refractivity contribution is 0.372. The Hall–Kier alpha value is -0.960. The smallest absolute Gasteiger partial charge is 0.195 e. The Bertz CT molecular complexity index is 239. The average molecular weight is 160 g/mol. The van der Waals surface area contributed by atoms with Gasteiger partial charge in [-0.2, -0.15) is 0 Å². The van der Waals surface area contributed by atoms with Crippen molar-refractivity contribution in [3.05, 3.63) is 17.4 Å². The van der Waals surface area contributed by atoms with E-state index in [0.29, 0.717) is 5.75 Å².